The van der Waals surface area contributed by atoms with Crippen LogP contribution in [0.5, 0.6) is 0 Å². The fraction of sp³-hybridized carbons (Fsp3) is 0.654. The van der Waals surface area contributed by atoms with Crippen LogP contribution in [0.25, 0.3) is 0 Å². The number of hydrogen-bond donors (Lipinski definition) is 3. The maximum Gasteiger partial charge on any atom is 0.246 e. The van der Waals surface area contributed by atoms with Gasteiger partial charge in [-0.2, -0.15) is 0 Å². The highest BCUT2D eigenvalue weighted by Gasteiger charge is 2.80. The van der Waals surface area contributed by atoms with E-state index in [0.29, 0.717) is 12.1 Å². The summed E-state index contributed by atoms with van der Waals surface area (Å²) in [5.74, 6) is -2.42. The summed E-state index contributed by atoms with van der Waals surface area (Å²) in [5.41, 5.74) is -1.33. The Balaban J connectivity index is 1.74. The topological polar surface area (TPSA) is 108 Å². The maximum absolute atomic E-state index is 13.9. The molecule has 0 aliphatic carbocycles. The van der Waals surface area contributed by atoms with Crippen molar-refractivity contribution in [3.63, 3.8) is 0 Å². The first kappa shape index (κ1) is 24.7. The Kier molecular flexibility index (Phi) is 6.50. The van der Waals surface area contributed by atoms with Crippen molar-refractivity contribution in [3.8, 4) is 0 Å². The van der Waals surface area contributed by atoms with Gasteiger partial charge in [-0.15, -0.1) is 0 Å². The fourth-order valence-electron chi connectivity index (χ4n) is 6.51. The van der Waals surface area contributed by atoms with Gasteiger partial charge < -0.3 is 25.4 Å². The first-order valence-electron chi connectivity index (χ1n) is 12.4. The maximum atomic E-state index is 13.9. The monoisotopic (exact) mass is 471 g/mol. The minimum atomic E-state index is -1.11. The third kappa shape index (κ3) is 3.62. The zero-order chi connectivity index (χ0) is 24.8. The minimum Gasteiger partial charge on any atom is -0.394 e. The lowest BCUT2D eigenvalue weighted by Gasteiger charge is -2.36. The summed E-state index contributed by atoms with van der Waals surface area (Å²) in [5, 5.41) is 16.0. The largest absolute Gasteiger partial charge is 0.394 e. The van der Waals surface area contributed by atoms with Gasteiger partial charge in [0.15, 0.2) is 0 Å². The van der Waals surface area contributed by atoms with Crippen LogP contribution >= 0.6 is 0 Å². The predicted molar refractivity (Wildman–Crippen MR) is 128 cm³/mol. The van der Waals surface area contributed by atoms with Crippen molar-refractivity contribution < 1.29 is 24.2 Å². The number of likely N-dealkylation sites (tertiary alicyclic amines) is 1. The quantitative estimate of drug-likeness (QED) is 0.539. The molecule has 3 heterocycles. The molecule has 3 saturated heterocycles. The second kappa shape index (κ2) is 8.96. The van der Waals surface area contributed by atoms with Crippen molar-refractivity contribution in [2.75, 3.05) is 11.9 Å². The van der Waals surface area contributed by atoms with E-state index in [4.69, 9.17) is 4.74 Å². The van der Waals surface area contributed by atoms with Gasteiger partial charge in [0.1, 0.15) is 11.6 Å². The Morgan fingerprint density at radius 3 is 2.53 bits per heavy atom. The number of amides is 3. The molecular weight excluding hydrogens is 434 g/mol. The Morgan fingerprint density at radius 1 is 1.24 bits per heavy atom. The van der Waals surface area contributed by atoms with E-state index >= 15 is 0 Å². The number of carbonyl (C=O) groups is 3. The van der Waals surface area contributed by atoms with Crippen LogP contribution in [-0.4, -0.2) is 63.7 Å². The van der Waals surface area contributed by atoms with Gasteiger partial charge in [-0.1, -0.05) is 38.5 Å². The van der Waals surface area contributed by atoms with Gasteiger partial charge in [0, 0.05) is 11.7 Å². The molecule has 4 unspecified atom stereocenters. The molecule has 8 heteroatoms. The summed E-state index contributed by atoms with van der Waals surface area (Å²) in [6.07, 6.45) is 2.24. The molecule has 34 heavy (non-hydrogen) atoms. The highest BCUT2D eigenvalue weighted by atomic mass is 16.5. The van der Waals surface area contributed by atoms with Crippen LogP contribution in [0.4, 0.5) is 5.69 Å². The number of ether oxygens (including phenoxy) is 1. The summed E-state index contributed by atoms with van der Waals surface area (Å²) in [6, 6.07) is 7.61. The van der Waals surface area contributed by atoms with Crippen LogP contribution in [0, 0.1) is 17.8 Å². The molecule has 3 fully saturated rings. The number of nitrogens with one attached hydrogen (secondary N) is 2. The molecule has 1 aromatic rings. The van der Waals surface area contributed by atoms with E-state index in [1.807, 2.05) is 39.0 Å². The first-order valence-corrected chi connectivity index (χ1v) is 12.4. The lowest BCUT2D eigenvalue weighted by Crippen LogP contribution is -2.58. The van der Waals surface area contributed by atoms with Gasteiger partial charge in [0.25, 0.3) is 0 Å². The summed E-state index contributed by atoms with van der Waals surface area (Å²) in [6.45, 7) is 9.35. The third-order valence-corrected chi connectivity index (χ3v) is 8.17. The summed E-state index contributed by atoms with van der Waals surface area (Å²) >= 11 is 0. The van der Waals surface area contributed by atoms with Gasteiger partial charge in [-0.05, 0) is 51.7 Å². The molecule has 3 aliphatic heterocycles. The molecule has 1 aromatic carbocycles. The number of benzene rings is 1. The van der Waals surface area contributed by atoms with E-state index in [1.165, 1.54) is 4.90 Å². The Hall–Kier alpha value is -2.45. The van der Waals surface area contributed by atoms with E-state index in [0.717, 1.165) is 12.8 Å². The number of carbonyl (C=O) groups excluding carboxylic acids is 3. The number of rotatable bonds is 8. The Morgan fingerprint density at radius 2 is 1.91 bits per heavy atom. The number of aliphatic hydroxyl groups is 1. The van der Waals surface area contributed by atoms with Gasteiger partial charge in [0.2, 0.25) is 17.7 Å². The zero-order valence-electron chi connectivity index (χ0n) is 20.7. The van der Waals surface area contributed by atoms with Crippen molar-refractivity contribution in [2.45, 2.75) is 83.2 Å². The zero-order valence-corrected chi connectivity index (χ0v) is 20.7. The van der Waals surface area contributed by atoms with E-state index in [2.05, 4.69) is 17.6 Å². The van der Waals surface area contributed by atoms with E-state index in [-0.39, 0.29) is 36.3 Å². The van der Waals surface area contributed by atoms with Crippen LogP contribution in [0.15, 0.2) is 30.3 Å². The van der Waals surface area contributed by atoms with Crippen molar-refractivity contribution >= 4 is 23.4 Å². The molecule has 8 atom stereocenters. The standard InChI is InChI=1S/C26H37N3O5/c1-6-10-16(3)27-23(32)21-26-13-15(2)25(5,34-26)19(20(26)24(33)29(21)17(4)14-30)22(31)28-18-11-8-7-9-12-18/h7-9,11-12,15-17,19-21,30H,6,10,13-14H2,1-5H3,(H,27,32)(H,28,31)/t15?,16?,17-,19-,20+,21?,25+,26?/m1/s1. The molecule has 8 nitrogen and oxygen atoms in total. The number of nitrogens with zero attached hydrogens (tertiary/aromatic N) is 1. The highest BCUT2D eigenvalue weighted by Crippen LogP contribution is 2.65. The molecule has 4 rings (SSSR count). The van der Waals surface area contributed by atoms with Crippen LogP contribution in [0.2, 0.25) is 0 Å². The van der Waals surface area contributed by atoms with Crippen LogP contribution in [-0.2, 0) is 19.1 Å². The molecule has 1 spiro atoms. The molecule has 3 aliphatic rings. The number of para-hydroxylation sites is 1. The number of aliphatic hydroxyl groups excluding tert-OH is 1. The Labute approximate surface area is 201 Å². The van der Waals surface area contributed by atoms with E-state index < -0.39 is 35.1 Å². The SMILES string of the molecule is CCCC(C)NC(=O)C1N([C@H](C)CO)C(=O)[C@@H]2[C@H](C(=O)Nc3ccccc3)[C@@]3(C)OC12CC3C. The first-order chi connectivity index (χ1) is 16.1. The molecule has 0 aromatic heterocycles. The van der Waals surface area contributed by atoms with Gasteiger partial charge in [-0.25, -0.2) is 0 Å². The molecule has 0 saturated carbocycles. The average Bonchev–Trinajstić information content (AvgIpc) is 3.30. The van der Waals surface area contributed by atoms with Crippen LogP contribution in [0.3, 0.4) is 0 Å². The molecule has 3 amide bonds. The normalized spacial score (nSPS) is 35.7. The van der Waals surface area contributed by atoms with Gasteiger partial charge in [0.05, 0.1) is 30.1 Å². The van der Waals surface area contributed by atoms with Gasteiger partial charge >= 0.3 is 0 Å². The van der Waals surface area contributed by atoms with Crippen molar-refractivity contribution in [1.29, 1.82) is 0 Å². The molecule has 186 valence electrons. The van der Waals surface area contributed by atoms with E-state index in [9.17, 15) is 19.5 Å². The second-order valence-corrected chi connectivity index (χ2v) is 10.5. The molecule has 3 N–H and O–H groups in total. The van der Waals surface area contributed by atoms with Crippen LogP contribution in [0.1, 0.15) is 53.9 Å². The number of fused-ring (bicyclic) bond motifs is 1. The minimum absolute atomic E-state index is 0.0316. The lowest BCUT2D eigenvalue weighted by molar-refractivity contribution is -0.149. The fourth-order valence-corrected chi connectivity index (χ4v) is 6.51. The smallest absolute Gasteiger partial charge is 0.246 e. The van der Waals surface area contributed by atoms with E-state index in [1.54, 1.807) is 19.1 Å². The summed E-state index contributed by atoms with van der Waals surface area (Å²) in [7, 11) is 0. The lowest BCUT2D eigenvalue weighted by atomic mass is 9.62. The molecular formula is C26H37N3O5. The second-order valence-electron chi connectivity index (χ2n) is 10.5. The van der Waals surface area contributed by atoms with Crippen molar-refractivity contribution in [1.82, 2.24) is 10.2 Å². The average molecular weight is 472 g/mol. The van der Waals surface area contributed by atoms with Crippen molar-refractivity contribution in [2.24, 2.45) is 17.8 Å². The van der Waals surface area contributed by atoms with Gasteiger partial charge in [-0.3, -0.25) is 14.4 Å². The summed E-state index contributed by atoms with van der Waals surface area (Å²) in [4.78, 5) is 42.6. The van der Waals surface area contributed by atoms with Crippen molar-refractivity contribution in [3.05, 3.63) is 30.3 Å². The number of anilines is 1. The molecule has 0 radical (unpaired) electrons. The number of hydrogen-bond acceptors (Lipinski definition) is 5. The van der Waals surface area contributed by atoms with Crippen LogP contribution < -0.4 is 10.6 Å². The molecule has 2 bridgehead atoms. The summed E-state index contributed by atoms with van der Waals surface area (Å²) < 4.78 is 6.66. The predicted octanol–water partition coefficient (Wildman–Crippen LogP) is 2.32. The third-order valence-electron chi connectivity index (χ3n) is 8.17. The Bertz CT molecular complexity index is 955. The highest BCUT2D eigenvalue weighted by molar-refractivity contribution is 6.02.